The number of rotatable bonds is 6. The molecule has 0 bridgehead atoms. The van der Waals surface area contributed by atoms with Crippen molar-refractivity contribution in [3.63, 3.8) is 0 Å². The maximum absolute atomic E-state index is 11.2. The molecule has 5 nitrogen and oxygen atoms in total. The highest BCUT2D eigenvalue weighted by molar-refractivity contribution is 7.87. The van der Waals surface area contributed by atoms with Crippen molar-refractivity contribution in [2.45, 2.75) is 31.4 Å². The molecule has 1 atom stereocenters. The molecular weight excluding hydrogens is 192 g/mol. The monoisotopic (exact) mass is 212 g/mol. The lowest BCUT2D eigenvalue weighted by molar-refractivity contribution is 0.382. The predicted molar refractivity (Wildman–Crippen MR) is 53.3 cm³/mol. The average molecular weight is 212 g/mol. The van der Waals surface area contributed by atoms with E-state index < -0.39 is 15.4 Å². The summed E-state index contributed by atoms with van der Waals surface area (Å²) in [5, 5.41) is -0.397. The number of hydrogen-bond donors (Lipinski definition) is 2. The summed E-state index contributed by atoms with van der Waals surface area (Å²) in [6, 6.07) is 0. The second kappa shape index (κ2) is 7.25. The Bertz CT molecular complexity index is 204. The molecule has 0 aromatic rings. The molecule has 5 N–H and O–H groups in total. The lowest BCUT2D eigenvalue weighted by atomic mass is 10.2. The van der Waals surface area contributed by atoms with Crippen LogP contribution >= 0.6 is 0 Å². The van der Waals surface area contributed by atoms with E-state index in [1.807, 2.05) is 6.92 Å². The topological polar surface area (TPSA) is 104 Å². The molecule has 0 aliphatic carbocycles. The SMILES string of the molecule is CCC(CCCN)S(=O)(=O)OC.N. The van der Waals surface area contributed by atoms with Crippen LogP contribution < -0.4 is 11.9 Å². The highest BCUT2D eigenvalue weighted by Gasteiger charge is 2.22. The number of nitrogens with two attached hydrogens (primary N) is 1. The third-order valence-electron chi connectivity index (χ3n) is 1.83. The molecule has 0 aliphatic rings. The van der Waals surface area contributed by atoms with Crippen molar-refractivity contribution in [2.75, 3.05) is 13.7 Å². The van der Waals surface area contributed by atoms with Crippen LogP contribution in [0.5, 0.6) is 0 Å². The Morgan fingerprint density at radius 1 is 1.46 bits per heavy atom. The van der Waals surface area contributed by atoms with Gasteiger partial charge in [0.25, 0.3) is 10.1 Å². The first-order valence-corrected chi connectivity index (χ1v) is 5.55. The van der Waals surface area contributed by atoms with Crippen molar-refractivity contribution >= 4 is 10.1 Å². The van der Waals surface area contributed by atoms with Crippen LogP contribution in [0.2, 0.25) is 0 Å². The van der Waals surface area contributed by atoms with Crippen molar-refractivity contribution in [1.29, 1.82) is 0 Å². The molecule has 0 heterocycles. The Balaban J connectivity index is 0. The van der Waals surface area contributed by atoms with E-state index in [1.54, 1.807) is 0 Å². The predicted octanol–water partition coefficient (Wildman–Crippen LogP) is 0.642. The van der Waals surface area contributed by atoms with Crippen LogP contribution in [0.1, 0.15) is 26.2 Å². The Hall–Kier alpha value is -0.170. The van der Waals surface area contributed by atoms with Gasteiger partial charge in [0.05, 0.1) is 12.4 Å². The summed E-state index contributed by atoms with van der Waals surface area (Å²) >= 11 is 0. The van der Waals surface area contributed by atoms with E-state index in [0.29, 0.717) is 19.4 Å². The molecule has 0 aromatic heterocycles. The fraction of sp³-hybridized carbons (Fsp3) is 1.00. The standard InChI is InChI=1S/C7H17NO3S.H3N/c1-3-7(5-4-6-8)12(9,10)11-2;/h7H,3-6,8H2,1-2H3;1H3. The molecule has 82 valence electrons. The van der Waals surface area contributed by atoms with Crippen LogP contribution in [-0.2, 0) is 14.3 Å². The highest BCUT2D eigenvalue weighted by Crippen LogP contribution is 2.13. The zero-order valence-corrected chi connectivity index (χ0v) is 9.14. The summed E-state index contributed by atoms with van der Waals surface area (Å²) in [4.78, 5) is 0. The second-order valence-corrected chi connectivity index (χ2v) is 4.61. The van der Waals surface area contributed by atoms with E-state index in [1.165, 1.54) is 7.11 Å². The van der Waals surface area contributed by atoms with Gasteiger partial charge in [-0.3, -0.25) is 4.18 Å². The molecule has 0 spiro atoms. The first kappa shape index (κ1) is 15.3. The van der Waals surface area contributed by atoms with Crippen LogP contribution in [0, 0.1) is 0 Å². The molecule has 0 aliphatic heterocycles. The Morgan fingerprint density at radius 2 is 2.00 bits per heavy atom. The molecule has 0 amide bonds. The van der Waals surface area contributed by atoms with E-state index in [9.17, 15) is 8.42 Å². The average Bonchev–Trinajstić information content (AvgIpc) is 2.05. The molecule has 0 radical (unpaired) electrons. The Kier molecular flexibility index (Phi) is 8.54. The Morgan fingerprint density at radius 3 is 2.31 bits per heavy atom. The summed E-state index contributed by atoms with van der Waals surface area (Å²) in [5.41, 5.74) is 5.28. The smallest absolute Gasteiger partial charge is 0.269 e. The van der Waals surface area contributed by atoms with Gasteiger partial charge in [0.1, 0.15) is 0 Å². The van der Waals surface area contributed by atoms with Crippen LogP contribution in [0.25, 0.3) is 0 Å². The largest absolute Gasteiger partial charge is 0.344 e. The van der Waals surface area contributed by atoms with E-state index in [-0.39, 0.29) is 6.15 Å². The maximum Gasteiger partial charge on any atom is 0.269 e. The van der Waals surface area contributed by atoms with Crippen LogP contribution in [-0.4, -0.2) is 27.3 Å². The molecule has 0 fully saturated rings. The van der Waals surface area contributed by atoms with Gasteiger partial charge in [0.2, 0.25) is 0 Å². The van der Waals surface area contributed by atoms with Gasteiger partial charge in [-0.15, -0.1) is 0 Å². The van der Waals surface area contributed by atoms with Gasteiger partial charge in [-0.1, -0.05) is 6.92 Å². The maximum atomic E-state index is 11.2. The molecule has 0 saturated carbocycles. The summed E-state index contributed by atoms with van der Waals surface area (Å²) in [6.45, 7) is 2.35. The molecule has 6 heteroatoms. The highest BCUT2D eigenvalue weighted by atomic mass is 32.2. The van der Waals surface area contributed by atoms with E-state index >= 15 is 0 Å². The minimum Gasteiger partial charge on any atom is -0.344 e. The van der Waals surface area contributed by atoms with Gasteiger partial charge < -0.3 is 11.9 Å². The van der Waals surface area contributed by atoms with Gasteiger partial charge in [-0.25, -0.2) is 0 Å². The summed E-state index contributed by atoms with van der Waals surface area (Å²) in [5.74, 6) is 0. The summed E-state index contributed by atoms with van der Waals surface area (Å²) < 4.78 is 26.8. The summed E-state index contributed by atoms with van der Waals surface area (Å²) in [6.07, 6.45) is 1.89. The van der Waals surface area contributed by atoms with Gasteiger partial charge in [-0.2, -0.15) is 8.42 Å². The molecular formula is C7H20N2O3S. The van der Waals surface area contributed by atoms with Crippen molar-refractivity contribution in [2.24, 2.45) is 5.73 Å². The van der Waals surface area contributed by atoms with Gasteiger partial charge in [0.15, 0.2) is 0 Å². The molecule has 13 heavy (non-hydrogen) atoms. The van der Waals surface area contributed by atoms with Crippen molar-refractivity contribution in [3.05, 3.63) is 0 Å². The quantitative estimate of drug-likeness (QED) is 0.629. The first-order valence-electron chi connectivity index (χ1n) is 4.08. The minimum atomic E-state index is -3.34. The van der Waals surface area contributed by atoms with Gasteiger partial charge >= 0.3 is 0 Å². The second-order valence-electron chi connectivity index (χ2n) is 2.62. The van der Waals surface area contributed by atoms with Crippen LogP contribution in [0.4, 0.5) is 0 Å². The minimum absolute atomic E-state index is 0. The summed E-state index contributed by atoms with van der Waals surface area (Å²) in [7, 11) is -2.14. The van der Waals surface area contributed by atoms with E-state index in [0.717, 1.165) is 6.42 Å². The normalized spacial score (nSPS) is 13.5. The first-order chi connectivity index (χ1) is 5.58. The van der Waals surface area contributed by atoms with E-state index in [4.69, 9.17) is 5.73 Å². The van der Waals surface area contributed by atoms with Crippen LogP contribution in [0.15, 0.2) is 0 Å². The zero-order valence-electron chi connectivity index (χ0n) is 8.32. The lowest BCUT2D eigenvalue weighted by Gasteiger charge is -2.12. The lowest BCUT2D eigenvalue weighted by Crippen LogP contribution is -2.22. The fourth-order valence-corrected chi connectivity index (χ4v) is 2.17. The Labute approximate surface area is 80.4 Å². The molecule has 0 saturated heterocycles. The van der Waals surface area contributed by atoms with Crippen LogP contribution in [0.3, 0.4) is 0 Å². The molecule has 0 rings (SSSR count). The third-order valence-corrected chi connectivity index (χ3v) is 3.68. The fourth-order valence-electron chi connectivity index (χ4n) is 1.03. The van der Waals surface area contributed by atoms with E-state index in [2.05, 4.69) is 4.18 Å². The van der Waals surface area contributed by atoms with Crippen molar-refractivity contribution in [1.82, 2.24) is 6.15 Å². The van der Waals surface area contributed by atoms with Crippen molar-refractivity contribution < 1.29 is 12.6 Å². The molecule has 1 unspecified atom stereocenters. The third kappa shape index (κ3) is 5.20. The van der Waals surface area contributed by atoms with Gasteiger partial charge in [-0.05, 0) is 25.8 Å². The van der Waals surface area contributed by atoms with Gasteiger partial charge in [0, 0.05) is 0 Å². The van der Waals surface area contributed by atoms with Crippen molar-refractivity contribution in [3.8, 4) is 0 Å². The zero-order chi connectivity index (χ0) is 9.61. The number of hydrogen-bond acceptors (Lipinski definition) is 5. The molecule has 0 aromatic carbocycles.